The monoisotopic (exact) mass is 396 g/mol. The second-order valence-corrected chi connectivity index (χ2v) is 6.27. The molecule has 0 aromatic heterocycles. The third kappa shape index (κ3) is 5.36. The molecule has 1 amide bonds. The topological polar surface area (TPSA) is 50.4 Å². The second kappa shape index (κ2) is 8.35. The minimum atomic E-state index is -0.197. The fraction of sp³-hybridized carbons (Fsp3) is 0.0500. The van der Waals surface area contributed by atoms with Crippen LogP contribution in [0, 0.1) is 0 Å². The maximum absolute atomic E-state index is 11.9. The largest absolute Gasteiger partial charge is 0.484 e. The summed E-state index contributed by atoms with van der Waals surface area (Å²) in [5.41, 5.74) is 2.67. The molecule has 0 heterocycles. The number of amides is 1. The molecule has 3 aromatic rings. The van der Waals surface area contributed by atoms with E-state index in [0.717, 1.165) is 21.5 Å². The van der Waals surface area contributed by atoms with Crippen LogP contribution in [0.2, 0.25) is 0 Å². The third-order valence-electron chi connectivity index (χ3n) is 3.41. The zero-order chi connectivity index (χ0) is 17.5. The Hall–Kier alpha value is -2.79. The van der Waals surface area contributed by atoms with Crippen LogP contribution < -0.4 is 15.4 Å². The van der Waals surface area contributed by atoms with Gasteiger partial charge in [0.05, 0.1) is 0 Å². The molecule has 5 heteroatoms. The summed E-state index contributed by atoms with van der Waals surface area (Å²) in [6.07, 6.45) is 0. The Labute approximate surface area is 155 Å². The lowest BCUT2D eigenvalue weighted by Gasteiger charge is -2.09. The molecule has 0 spiro atoms. The Morgan fingerprint density at radius 1 is 0.800 bits per heavy atom. The Kier molecular flexibility index (Phi) is 5.69. The summed E-state index contributed by atoms with van der Waals surface area (Å²) in [5.74, 6) is 0.476. The normalized spacial score (nSPS) is 10.1. The van der Waals surface area contributed by atoms with Crippen LogP contribution in [0.5, 0.6) is 5.75 Å². The highest BCUT2D eigenvalue weighted by atomic mass is 79.9. The van der Waals surface area contributed by atoms with Gasteiger partial charge in [-0.2, -0.15) is 0 Å². The van der Waals surface area contributed by atoms with Crippen LogP contribution in [0.25, 0.3) is 0 Å². The summed E-state index contributed by atoms with van der Waals surface area (Å²) in [4.78, 5) is 11.9. The van der Waals surface area contributed by atoms with Crippen molar-refractivity contribution in [3.63, 3.8) is 0 Å². The summed E-state index contributed by atoms with van der Waals surface area (Å²) < 4.78 is 6.46. The van der Waals surface area contributed by atoms with Crippen molar-refractivity contribution in [1.29, 1.82) is 0 Å². The number of para-hydroxylation sites is 1. The number of benzene rings is 3. The Balaban J connectivity index is 1.51. The molecular formula is C20H17BrN2O2. The van der Waals surface area contributed by atoms with Gasteiger partial charge in [0.25, 0.3) is 5.91 Å². The van der Waals surface area contributed by atoms with Crippen LogP contribution >= 0.6 is 15.9 Å². The van der Waals surface area contributed by atoms with E-state index in [-0.39, 0.29) is 12.5 Å². The summed E-state index contributed by atoms with van der Waals surface area (Å²) in [6.45, 7) is -0.0249. The lowest BCUT2D eigenvalue weighted by atomic mass is 10.2. The molecule has 0 saturated carbocycles. The highest BCUT2D eigenvalue weighted by molar-refractivity contribution is 9.10. The molecule has 0 saturated heterocycles. The molecule has 0 aliphatic rings. The molecule has 0 aliphatic carbocycles. The zero-order valence-corrected chi connectivity index (χ0v) is 15.0. The third-order valence-corrected chi connectivity index (χ3v) is 3.94. The number of anilines is 3. The molecule has 3 aromatic carbocycles. The molecule has 0 radical (unpaired) electrons. The van der Waals surface area contributed by atoms with E-state index in [2.05, 4.69) is 26.6 Å². The van der Waals surface area contributed by atoms with Crippen LogP contribution in [-0.4, -0.2) is 12.5 Å². The van der Waals surface area contributed by atoms with Crippen molar-refractivity contribution in [1.82, 2.24) is 0 Å². The SMILES string of the molecule is O=C(COc1ccccc1)Nc1ccc(Nc2ccc(Br)cc2)cc1. The van der Waals surface area contributed by atoms with Crippen LogP contribution in [0.15, 0.2) is 83.3 Å². The van der Waals surface area contributed by atoms with E-state index in [1.807, 2.05) is 78.9 Å². The first kappa shape index (κ1) is 17.0. The number of hydrogen-bond donors (Lipinski definition) is 2. The zero-order valence-electron chi connectivity index (χ0n) is 13.4. The molecule has 126 valence electrons. The van der Waals surface area contributed by atoms with E-state index in [0.29, 0.717) is 5.75 Å². The van der Waals surface area contributed by atoms with E-state index in [4.69, 9.17) is 4.74 Å². The number of hydrogen-bond acceptors (Lipinski definition) is 3. The van der Waals surface area contributed by atoms with E-state index in [1.54, 1.807) is 0 Å². The van der Waals surface area contributed by atoms with E-state index < -0.39 is 0 Å². The number of carbonyl (C=O) groups is 1. The van der Waals surface area contributed by atoms with Crippen molar-refractivity contribution in [2.24, 2.45) is 0 Å². The van der Waals surface area contributed by atoms with Crippen LogP contribution in [0.4, 0.5) is 17.1 Å². The molecule has 0 fully saturated rings. The predicted octanol–water partition coefficient (Wildman–Crippen LogP) is 5.21. The summed E-state index contributed by atoms with van der Waals surface area (Å²) in [5, 5.41) is 6.11. The number of halogens is 1. The van der Waals surface area contributed by atoms with Crippen molar-refractivity contribution in [2.75, 3.05) is 17.2 Å². The second-order valence-electron chi connectivity index (χ2n) is 5.36. The lowest BCUT2D eigenvalue weighted by molar-refractivity contribution is -0.118. The minimum absolute atomic E-state index is 0.0249. The van der Waals surface area contributed by atoms with Crippen molar-refractivity contribution >= 4 is 38.9 Å². The highest BCUT2D eigenvalue weighted by Gasteiger charge is 2.04. The number of nitrogens with one attached hydrogen (secondary N) is 2. The first-order chi connectivity index (χ1) is 12.2. The van der Waals surface area contributed by atoms with Crippen LogP contribution in [-0.2, 0) is 4.79 Å². The Morgan fingerprint density at radius 3 is 2.00 bits per heavy atom. The first-order valence-corrected chi connectivity index (χ1v) is 8.59. The van der Waals surface area contributed by atoms with Gasteiger partial charge in [0.2, 0.25) is 0 Å². The van der Waals surface area contributed by atoms with E-state index in [1.165, 1.54) is 0 Å². The lowest BCUT2D eigenvalue weighted by Crippen LogP contribution is -2.20. The van der Waals surface area contributed by atoms with Gasteiger partial charge in [-0.25, -0.2) is 0 Å². The highest BCUT2D eigenvalue weighted by Crippen LogP contribution is 2.20. The maximum Gasteiger partial charge on any atom is 0.262 e. The van der Waals surface area contributed by atoms with E-state index in [9.17, 15) is 4.79 Å². The van der Waals surface area contributed by atoms with Crippen molar-refractivity contribution in [3.8, 4) is 5.75 Å². The number of carbonyl (C=O) groups excluding carboxylic acids is 1. The average molecular weight is 397 g/mol. The fourth-order valence-corrected chi connectivity index (χ4v) is 2.46. The van der Waals surface area contributed by atoms with Gasteiger partial charge in [0.15, 0.2) is 6.61 Å². The average Bonchev–Trinajstić information content (AvgIpc) is 2.64. The van der Waals surface area contributed by atoms with Crippen LogP contribution in [0.1, 0.15) is 0 Å². The standard InChI is InChI=1S/C20H17BrN2O2/c21-15-6-8-16(9-7-15)22-17-10-12-18(13-11-17)23-20(24)14-25-19-4-2-1-3-5-19/h1-13,22H,14H2,(H,23,24). The number of rotatable bonds is 6. The molecule has 0 aliphatic heterocycles. The van der Waals surface area contributed by atoms with Gasteiger partial charge in [0, 0.05) is 21.5 Å². The molecule has 0 unspecified atom stereocenters. The first-order valence-electron chi connectivity index (χ1n) is 7.79. The molecule has 25 heavy (non-hydrogen) atoms. The summed E-state index contributed by atoms with van der Waals surface area (Å²) >= 11 is 3.41. The molecular weight excluding hydrogens is 380 g/mol. The van der Waals surface area contributed by atoms with Crippen molar-refractivity contribution in [3.05, 3.63) is 83.3 Å². The number of ether oxygens (including phenoxy) is 1. The molecule has 0 atom stereocenters. The van der Waals surface area contributed by atoms with Gasteiger partial charge >= 0.3 is 0 Å². The van der Waals surface area contributed by atoms with Gasteiger partial charge in [-0.1, -0.05) is 34.1 Å². The van der Waals surface area contributed by atoms with Gasteiger partial charge < -0.3 is 15.4 Å². The fourth-order valence-electron chi connectivity index (χ4n) is 2.20. The summed E-state index contributed by atoms with van der Waals surface area (Å²) in [6, 6.07) is 24.7. The molecule has 0 bridgehead atoms. The smallest absolute Gasteiger partial charge is 0.262 e. The quantitative estimate of drug-likeness (QED) is 0.601. The minimum Gasteiger partial charge on any atom is -0.484 e. The molecule has 3 rings (SSSR count). The molecule has 2 N–H and O–H groups in total. The Morgan fingerprint density at radius 2 is 1.36 bits per heavy atom. The van der Waals surface area contributed by atoms with Gasteiger partial charge in [0.1, 0.15) is 5.75 Å². The van der Waals surface area contributed by atoms with E-state index >= 15 is 0 Å². The van der Waals surface area contributed by atoms with Gasteiger partial charge in [-0.3, -0.25) is 4.79 Å². The Bertz CT molecular complexity index is 819. The van der Waals surface area contributed by atoms with Gasteiger partial charge in [-0.15, -0.1) is 0 Å². The van der Waals surface area contributed by atoms with Crippen molar-refractivity contribution < 1.29 is 9.53 Å². The molecule has 4 nitrogen and oxygen atoms in total. The maximum atomic E-state index is 11.9. The van der Waals surface area contributed by atoms with Crippen LogP contribution in [0.3, 0.4) is 0 Å². The van der Waals surface area contributed by atoms with Gasteiger partial charge in [-0.05, 0) is 60.7 Å². The van der Waals surface area contributed by atoms with Crippen molar-refractivity contribution in [2.45, 2.75) is 0 Å². The predicted molar refractivity (Wildman–Crippen MR) is 104 cm³/mol. The summed E-state index contributed by atoms with van der Waals surface area (Å²) in [7, 11) is 0.